The van der Waals surface area contributed by atoms with Gasteiger partial charge in [0.2, 0.25) is 11.8 Å². The van der Waals surface area contributed by atoms with Crippen molar-refractivity contribution in [2.45, 2.75) is 52.5 Å². The van der Waals surface area contributed by atoms with Gasteiger partial charge in [-0.1, -0.05) is 12.1 Å². The van der Waals surface area contributed by atoms with Crippen molar-refractivity contribution in [3.63, 3.8) is 0 Å². The van der Waals surface area contributed by atoms with Crippen LogP contribution in [0.2, 0.25) is 0 Å². The minimum absolute atomic E-state index is 0.155. The van der Waals surface area contributed by atoms with Crippen molar-refractivity contribution in [2.24, 2.45) is 0 Å². The van der Waals surface area contributed by atoms with Crippen LogP contribution in [0.25, 0.3) is 0 Å². The van der Waals surface area contributed by atoms with E-state index in [2.05, 4.69) is 25.7 Å². The average Bonchev–Trinajstić information content (AvgIpc) is 3.09. The lowest BCUT2D eigenvalue weighted by molar-refractivity contribution is -0.132. The molecule has 8 heteroatoms. The van der Waals surface area contributed by atoms with Crippen LogP contribution in [0.1, 0.15) is 49.7 Å². The summed E-state index contributed by atoms with van der Waals surface area (Å²) in [6.45, 7) is 6.09. The maximum absolute atomic E-state index is 12.5. The first-order valence-corrected chi connectivity index (χ1v) is 8.88. The SMILES string of the molecule is CCNc1cc2c(nn1)CCN(C(=O)CCCc1nc(CC)no1)C2. The zero-order chi connectivity index (χ0) is 17.6. The highest BCUT2D eigenvalue weighted by molar-refractivity contribution is 5.76. The van der Waals surface area contributed by atoms with E-state index in [1.807, 2.05) is 24.8 Å². The van der Waals surface area contributed by atoms with E-state index in [9.17, 15) is 4.79 Å². The second kappa shape index (κ2) is 8.04. The predicted molar refractivity (Wildman–Crippen MR) is 91.9 cm³/mol. The molecule has 0 saturated carbocycles. The van der Waals surface area contributed by atoms with E-state index in [0.717, 1.165) is 36.5 Å². The highest BCUT2D eigenvalue weighted by Crippen LogP contribution is 2.20. The second-order valence-corrected chi connectivity index (χ2v) is 6.11. The Labute approximate surface area is 147 Å². The number of amides is 1. The molecule has 0 saturated heterocycles. The molecule has 0 unspecified atom stereocenters. The summed E-state index contributed by atoms with van der Waals surface area (Å²) in [5.41, 5.74) is 2.07. The van der Waals surface area contributed by atoms with Crippen molar-refractivity contribution >= 4 is 11.7 Å². The lowest BCUT2D eigenvalue weighted by Gasteiger charge is -2.28. The number of fused-ring (bicyclic) bond motifs is 1. The summed E-state index contributed by atoms with van der Waals surface area (Å²) in [7, 11) is 0. The average molecular weight is 344 g/mol. The molecular weight excluding hydrogens is 320 g/mol. The topological polar surface area (TPSA) is 97.0 Å². The Balaban J connectivity index is 1.52. The first kappa shape index (κ1) is 17.3. The number of nitrogens with one attached hydrogen (secondary N) is 1. The van der Waals surface area contributed by atoms with E-state index in [0.29, 0.717) is 44.1 Å². The maximum atomic E-state index is 12.5. The summed E-state index contributed by atoms with van der Waals surface area (Å²) in [5, 5.41) is 15.5. The Morgan fingerprint density at radius 3 is 3.00 bits per heavy atom. The van der Waals surface area contributed by atoms with Gasteiger partial charge in [0.05, 0.1) is 5.69 Å². The normalized spacial score (nSPS) is 13.6. The fourth-order valence-corrected chi connectivity index (χ4v) is 2.89. The number of aromatic nitrogens is 4. The number of carbonyl (C=O) groups is 1. The van der Waals surface area contributed by atoms with Crippen molar-refractivity contribution in [2.75, 3.05) is 18.4 Å². The molecule has 0 aliphatic carbocycles. The number of hydrogen-bond acceptors (Lipinski definition) is 7. The molecule has 134 valence electrons. The molecule has 1 N–H and O–H groups in total. The van der Waals surface area contributed by atoms with Gasteiger partial charge in [-0.25, -0.2) is 0 Å². The highest BCUT2D eigenvalue weighted by atomic mass is 16.5. The number of rotatable bonds is 7. The number of anilines is 1. The van der Waals surface area contributed by atoms with Gasteiger partial charge in [-0.15, -0.1) is 5.10 Å². The zero-order valence-electron chi connectivity index (χ0n) is 14.8. The molecule has 0 fully saturated rings. The molecule has 25 heavy (non-hydrogen) atoms. The zero-order valence-corrected chi connectivity index (χ0v) is 14.8. The van der Waals surface area contributed by atoms with Gasteiger partial charge in [-0.3, -0.25) is 4.79 Å². The van der Waals surface area contributed by atoms with Crippen LogP contribution in [0.15, 0.2) is 10.6 Å². The number of aryl methyl sites for hydroxylation is 2. The van der Waals surface area contributed by atoms with Crippen molar-refractivity contribution in [3.05, 3.63) is 29.0 Å². The van der Waals surface area contributed by atoms with E-state index in [4.69, 9.17) is 4.52 Å². The number of nitrogens with zero attached hydrogens (tertiary/aromatic N) is 5. The van der Waals surface area contributed by atoms with Gasteiger partial charge in [-0.2, -0.15) is 10.1 Å². The molecular formula is C17H24N6O2. The van der Waals surface area contributed by atoms with Crippen LogP contribution >= 0.6 is 0 Å². The fourth-order valence-electron chi connectivity index (χ4n) is 2.89. The van der Waals surface area contributed by atoms with Crippen molar-refractivity contribution in [3.8, 4) is 0 Å². The summed E-state index contributed by atoms with van der Waals surface area (Å²) in [6.07, 6.45) is 3.35. The molecule has 0 spiro atoms. The molecule has 0 bridgehead atoms. The van der Waals surface area contributed by atoms with E-state index in [1.54, 1.807) is 0 Å². The molecule has 3 rings (SSSR count). The Morgan fingerprint density at radius 2 is 2.24 bits per heavy atom. The molecule has 8 nitrogen and oxygen atoms in total. The predicted octanol–water partition coefficient (Wildman–Crippen LogP) is 1.76. The van der Waals surface area contributed by atoms with Gasteiger partial charge in [0, 0.05) is 45.3 Å². The summed E-state index contributed by atoms with van der Waals surface area (Å²) >= 11 is 0. The van der Waals surface area contributed by atoms with Crippen LogP contribution in [-0.2, 0) is 30.6 Å². The Bertz CT molecular complexity index is 730. The van der Waals surface area contributed by atoms with Crippen LogP contribution < -0.4 is 5.32 Å². The Morgan fingerprint density at radius 1 is 1.36 bits per heavy atom. The molecule has 0 atom stereocenters. The molecule has 0 radical (unpaired) electrons. The van der Waals surface area contributed by atoms with E-state index in [-0.39, 0.29) is 5.91 Å². The smallest absolute Gasteiger partial charge is 0.226 e. The van der Waals surface area contributed by atoms with Crippen LogP contribution in [0.4, 0.5) is 5.82 Å². The standard InChI is InChI=1S/C17H24N6O2/c1-3-14-19-16(25-22-14)6-5-7-17(24)23-9-8-13-12(11-23)10-15(18-4-2)21-20-13/h10H,3-9,11H2,1-2H3,(H,18,21). The Kier molecular flexibility index (Phi) is 5.57. The first-order valence-electron chi connectivity index (χ1n) is 8.88. The van der Waals surface area contributed by atoms with Crippen LogP contribution in [0.5, 0.6) is 0 Å². The fraction of sp³-hybridized carbons (Fsp3) is 0.588. The van der Waals surface area contributed by atoms with Crippen molar-refractivity contribution in [1.29, 1.82) is 0 Å². The summed E-state index contributed by atoms with van der Waals surface area (Å²) in [4.78, 5) is 18.6. The number of hydrogen-bond donors (Lipinski definition) is 1. The number of carbonyl (C=O) groups excluding carboxylic acids is 1. The molecule has 0 aromatic carbocycles. The maximum Gasteiger partial charge on any atom is 0.226 e. The summed E-state index contributed by atoms with van der Waals surface area (Å²) in [5.74, 6) is 2.24. The van der Waals surface area contributed by atoms with E-state index >= 15 is 0 Å². The van der Waals surface area contributed by atoms with Crippen LogP contribution in [0.3, 0.4) is 0 Å². The molecule has 3 heterocycles. The largest absolute Gasteiger partial charge is 0.369 e. The lowest BCUT2D eigenvalue weighted by Crippen LogP contribution is -2.36. The van der Waals surface area contributed by atoms with E-state index < -0.39 is 0 Å². The third kappa shape index (κ3) is 4.32. The molecule has 1 aliphatic heterocycles. The highest BCUT2D eigenvalue weighted by Gasteiger charge is 2.22. The van der Waals surface area contributed by atoms with Gasteiger partial charge in [0.1, 0.15) is 5.82 Å². The summed E-state index contributed by atoms with van der Waals surface area (Å²) in [6, 6.07) is 2.00. The second-order valence-electron chi connectivity index (χ2n) is 6.11. The quantitative estimate of drug-likeness (QED) is 0.817. The van der Waals surface area contributed by atoms with Crippen LogP contribution in [-0.4, -0.2) is 44.2 Å². The van der Waals surface area contributed by atoms with Gasteiger partial charge >= 0.3 is 0 Å². The van der Waals surface area contributed by atoms with Crippen molar-refractivity contribution < 1.29 is 9.32 Å². The molecule has 1 amide bonds. The molecule has 2 aromatic heterocycles. The third-order valence-electron chi connectivity index (χ3n) is 4.26. The van der Waals surface area contributed by atoms with Crippen LogP contribution in [0, 0.1) is 0 Å². The lowest BCUT2D eigenvalue weighted by atomic mass is 10.1. The van der Waals surface area contributed by atoms with Gasteiger partial charge in [0.15, 0.2) is 5.82 Å². The molecule has 2 aromatic rings. The molecule has 1 aliphatic rings. The minimum atomic E-state index is 0.155. The first-order chi connectivity index (χ1) is 12.2. The monoisotopic (exact) mass is 344 g/mol. The summed E-state index contributed by atoms with van der Waals surface area (Å²) < 4.78 is 5.16. The Hall–Kier alpha value is -2.51. The third-order valence-corrected chi connectivity index (χ3v) is 4.26. The minimum Gasteiger partial charge on any atom is -0.369 e. The van der Waals surface area contributed by atoms with Gasteiger partial charge in [-0.05, 0) is 25.0 Å². The van der Waals surface area contributed by atoms with Gasteiger partial charge < -0.3 is 14.7 Å². The van der Waals surface area contributed by atoms with Gasteiger partial charge in [0.25, 0.3) is 0 Å². The van der Waals surface area contributed by atoms with Crippen molar-refractivity contribution in [1.82, 2.24) is 25.2 Å². The van der Waals surface area contributed by atoms with E-state index in [1.165, 1.54) is 0 Å².